The van der Waals surface area contributed by atoms with Gasteiger partial charge in [-0.2, -0.15) is 0 Å². The second-order valence-corrected chi connectivity index (χ2v) is 7.37. The lowest BCUT2D eigenvalue weighted by Gasteiger charge is -2.27. The van der Waals surface area contributed by atoms with Crippen LogP contribution in [0.1, 0.15) is 53.0 Å². The van der Waals surface area contributed by atoms with Gasteiger partial charge in [-0.1, -0.05) is 51.1 Å². The quantitative estimate of drug-likeness (QED) is 0.592. The molecule has 2 N–H and O–H groups in total. The van der Waals surface area contributed by atoms with Crippen molar-refractivity contribution in [2.75, 3.05) is 13.1 Å². The van der Waals surface area contributed by atoms with E-state index >= 15 is 0 Å². The SMILES string of the molecule is CC[C@H](NC(=O)[C@H](CC(C)C)NC(=O)OCc1ccccc1)C(=O)N(CC)CC. The summed E-state index contributed by atoms with van der Waals surface area (Å²) in [6.45, 7) is 10.9. The molecule has 0 radical (unpaired) electrons. The van der Waals surface area contributed by atoms with Crippen molar-refractivity contribution in [2.24, 2.45) is 5.92 Å². The summed E-state index contributed by atoms with van der Waals surface area (Å²) in [4.78, 5) is 39.3. The highest BCUT2D eigenvalue weighted by Gasteiger charge is 2.28. The number of alkyl carbamates (subject to hydrolysis) is 1. The predicted octanol–water partition coefficient (Wildman–Crippen LogP) is 3.09. The van der Waals surface area contributed by atoms with Crippen molar-refractivity contribution in [3.63, 3.8) is 0 Å². The van der Waals surface area contributed by atoms with E-state index in [9.17, 15) is 14.4 Å². The molecule has 0 aromatic heterocycles. The summed E-state index contributed by atoms with van der Waals surface area (Å²) < 4.78 is 5.24. The number of hydrogen-bond donors (Lipinski definition) is 2. The maximum Gasteiger partial charge on any atom is 0.408 e. The van der Waals surface area contributed by atoms with Crippen LogP contribution >= 0.6 is 0 Å². The summed E-state index contributed by atoms with van der Waals surface area (Å²) in [6.07, 6.45) is 0.272. The Labute approximate surface area is 174 Å². The lowest BCUT2D eigenvalue weighted by atomic mass is 10.0. The lowest BCUT2D eigenvalue weighted by molar-refractivity contribution is -0.136. The number of nitrogens with zero attached hydrogens (tertiary/aromatic N) is 1. The Morgan fingerprint density at radius 1 is 0.966 bits per heavy atom. The third-order valence-corrected chi connectivity index (χ3v) is 4.63. The van der Waals surface area contributed by atoms with Gasteiger partial charge < -0.3 is 20.3 Å². The van der Waals surface area contributed by atoms with Gasteiger partial charge in [0.1, 0.15) is 18.7 Å². The third kappa shape index (κ3) is 8.54. The number of amides is 3. The maximum atomic E-state index is 12.8. The molecule has 0 aliphatic carbocycles. The van der Waals surface area contributed by atoms with Crippen LogP contribution in [-0.4, -0.2) is 48.0 Å². The van der Waals surface area contributed by atoms with Crippen LogP contribution in [0, 0.1) is 5.92 Å². The molecule has 7 heteroatoms. The van der Waals surface area contributed by atoms with Gasteiger partial charge in [-0.3, -0.25) is 9.59 Å². The first-order valence-corrected chi connectivity index (χ1v) is 10.4. The topological polar surface area (TPSA) is 87.7 Å². The van der Waals surface area contributed by atoms with Gasteiger partial charge in [0.2, 0.25) is 11.8 Å². The van der Waals surface area contributed by atoms with Gasteiger partial charge in [-0.05, 0) is 38.2 Å². The molecule has 2 atom stereocenters. The first-order chi connectivity index (χ1) is 13.8. The first kappa shape index (κ1) is 24.5. The zero-order valence-corrected chi connectivity index (χ0v) is 18.2. The molecule has 0 spiro atoms. The van der Waals surface area contributed by atoms with Crippen molar-refractivity contribution in [2.45, 2.75) is 66.2 Å². The molecule has 0 bridgehead atoms. The van der Waals surface area contributed by atoms with Crippen LogP contribution in [0.15, 0.2) is 30.3 Å². The Bertz CT molecular complexity index is 645. The fraction of sp³-hybridized carbons (Fsp3) is 0.591. The molecule has 7 nitrogen and oxygen atoms in total. The van der Waals surface area contributed by atoms with E-state index in [2.05, 4.69) is 10.6 Å². The Morgan fingerprint density at radius 2 is 1.59 bits per heavy atom. The molecule has 29 heavy (non-hydrogen) atoms. The fourth-order valence-electron chi connectivity index (χ4n) is 2.98. The number of nitrogens with one attached hydrogen (secondary N) is 2. The van der Waals surface area contributed by atoms with Gasteiger partial charge in [-0.25, -0.2) is 4.79 Å². The standard InChI is InChI=1S/C22H35N3O4/c1-6-18(21(27)25(7-2)8-3)23-20(26)19(14-16(4)5)24-22(28)29-15-17-12-10-9-11-13-17/h9-13,16,18-19H,6-8,14-15H2,1-5H3,(H,23,26)(H,24,28)/t18-,19-/m0/s1. The van der Waals surface area contributed by atoms with Crippen molar-refractivity contribution in [1.82, 2.24) is 15.5 Å². The van der Waals surface area contributed by atoms with Crippen molar-refractivity contribution in [3.05, 3.63) is 35.9 Å². The molecule has 0 aliphatic rings. The summed E-state index contributed by atoms with van der Waals surface area (Å²) in [5, 5.41) is 5.45. The Hall–Kier alpha value is -2.57. The zero-order valence-electron chi connectivity index (χ0n) is 18.2. The first-order valence-electron chi connectivity index (χ1n) is 10.4. The molecule has 0 heterocycles. The summed E-state index contributed by atoms with van der Waals surface area (Å²) in [6, 6.07) is 7.95. The van der Waals surface area contributed by atoms with E-state index in [4.69, 9.17) is 4.74 Å². The molecule has 0 unspecified atom stereocenters. The minimum absolute atomic E-state index is 0.110. The summed E-state index contributed by atoms with van der Waals surface area (Å²) in [5.41, 5.74) is 0.864. The van der Waals surface area contributed by atoms with Crippen LogP contribution in [0.2, 0.25) is 0 Å². The third-order valence-electron chi connectivity index (χ3n) is 4.63. The summed E-state index contributed by atoms with van der Waals surface area (Å²) >= 11 is 0. The predicted molar refractivity (Wildman–Crippen MR) is 113 cm³/mol. The number of hydrogen-bond acceptors (Lipinski definition) is 4. The van der Waals surface area contributed by atoms with Gasteiger partial charge in [0.05, 0.1) is 0 Å². The van der Waals surface area contributed by atoms with Gasteiger partial charge >= 0.3 is 6.09 Å². The highest BCUT2D eigenvalue weighted by Crippen LogP contribution is 2.08. The number of carbonyl (C=O) groups is 3. The number of carbonyl (C=O) groups excluding carboxylic acids is 3. The van der Waals surface area contributed by atoms with Crippen LogP contribution in [0.25, 0.3) is 0 Å². The molecule has 1 aromatic rings. The Morgan fingerprint density at radius 3 is 2.10 bits per heavy atom. The van der Waals surface area contributed by atoms with Crippen molar-refractivity contribution >= 4 is 17.9 Å². The molecule has 0 fully saturated rings. The van der Waals surface area contributed by atoms with Crippen LogP contribution in [0.3, 0.4) is 0 Å². The van der Waals surface area contributed by atoms with Gasteiger partial charge in [0, 0.05) is 13.1 Å². The smallest absolute Gasteiger partial charge is 0.408 e. The molecule has 1 rings (SSSR count). The summed E-state index contributed by atoms with van der Waals surface area (Å²) in [5.74, 6) is -0.303. The average molecular weight is 406 g/mol. The lowest BCUT2D eigenvalue weighted by Crippen LogP contribution is -2.54. The average Bonchev–Trinajstić information content (AvgIpc) is 2.71. The molecule has 0 aliphatic heterocycles. The molecular formula is C22H35N3O4. The molecule has 0 saturated heterocycles. The maximum absolute atomic E-state index is 12.8. The van der Waals surface area contributed by atoms with Crippen LogP contribution < -0.4 is 10.6 Å². The van der Waals surface area contributed by atoms with E-state index in [1.165, 1.54) is 0 Å². The van der Waals surface area contributed by atoms with Crippen LogP contribution in [-0.2, 0) is 20.9 Å². The van der Waals surface area contributed by atoms with E-state index in [-0.39, 0.29) is 24.3 Å². The molecule has 0 saturated carbocycles. The Balaban J connectivity index is 2.73. The van der Waals surface area contributed by atoms with E-state index < -0.39 is 18.2 Å². The number of benzene rings is 1. The second-order valence-electron chi connectivity index (χ2n) is 7.37. The number of ether oxygens (including phenoxy) is 1. The molecule has 162 valence electrons. The normalized spacial score (nSPS) is 12.8. The van der Waals surface area contributed by atoms with Gasteiger partial charge in [0.25, 0.3) is 0 Å². The van der Waals surface area contributed by atoms with Crippen LogP contribution in [0.4, 0.5) is 4.79 Å². The highest BCUT2D eigenvalue weighted by molar-refractivity contribution is 5.91. The monoisotopic (exact) mass is 405 g/mol. The number of rotatable bonds is 11. The fourth-order valence-corrected chi connectivity index (χ4v) is 2.98. The van der Waals surface area contributed by atoms with E-state index in [0.29, 0.717) is 25.9 Å². The number of likely N-dealkylation sites (N-methyl/N-ethyl adjacent to an activating group) is 1. The van der Waals surface area contributed by atoms with E-state index in [1.807, 2.05) is 65.0 Å². The largest absolute Gasteiger partial charge is 0.445 e. The summed E-state index contributed by atoms with van der Waals surface area (Å²) in [7, 11) is 0. The second kappa shape index (κ2) is 12.8. The van der Waals surface area contributed by atoms with Crippen molar-refractivity contribution in [3.8, 4) is 0 Å². The zero-order chi connectivity index (χ0) is 21.8. The van der Waals surface area contributed by atoms with Gasteiger partial charge in [-0.15, -0.1) is 0 Å². The van der Waals surface area contributed by atoms with E-state index in [0.717, 1.165) is 5.56 Å². The molecular weight excluding hydrogens is 370 g/mol. The van der Waals surface area contributed by atoms with Crippen LogP contribution in [0.5, 0.6) is 0 Å². The highest BCUT2D eigenvalue weighted by atomic mass is 16.5. The van der Waals surface area contributed by atoms with Crippen molar-refractivity contribution in [1.29, 1.82) is 0 Å². The van der Waals surface area contributed by atoms with Gasteiger partial charge in [0.15, 0.2) is 0 Å². The molecule has 1 aromatic carbocycles. The Kier molecular flexibility index (Phi) is 10.8. The van der Waals surface area contributed by atoms with E-state index in [1.54, 1.807) is 4.90 Å². The minimum atomic E-state index is -0.767. The minimum Gasteiger partial charge on any atom is -0.445 e. The van der Waals surface area contributed by atoms with Crippen molar-refractivity contribution < 1.29 is 19.1 Å². The molecule has 3 amide bonds.